The summed E-state index contributed by atoms with van der Waals surface area (Å²) in [7, 11) is 3.03. The molecule has 2 aromatic carbocycles. The normalized spacial score (nSPS) is 21.9. The second-order valence-electron chi connectivity index (χ2n) is 8.59. The van der Waals surface area contributed by atoms with Crippen LogP contribution in [0.2, 0.25) is 0 Å². The van der Waals surface area contributed by atoms with E-state index in [0.29, 0.717) is 37.5 Å². The molecule has 0 aliphatic carbocycles. The summed E-state index contributed by atoms with van der Waals surface area (Å²) in [5.74, 6) is 0.800. The molecule has 1 unspecified atom stereocenters. The third kappa shape index (κ3) is 5.66. The van der Waals surface area contributed by atoms with Crippen LogP contribution in [-0.4, -0.2) is 56.3 Å². The molecule has 2 aromatic rings. The second kappa shape index (κ2) is 10.7. The van der Waals surface area contributed by atoms with Gasteiger partial charge in [-0.25, -0.2) is 0 Å². The zero-order chi connectivity index (χ0) is 23.2. The summed E-state index contributed by atoms with van der Waals surface area (Å²) in [5, 5.41) is 0. The number of hydrogen-bond acceptors (Lipinski definition) is 7. The van der Waals surface area contributed by atoms with Crippen molar-refractivity contribution in [3.8, 4) is 11.5 Å². The van der Waals surface area contributed by atoms with Crippen molar-refractivity contribution in [1.82, 2.24) is 4.90 Å². The summed E-state index contributed by atoms with van der Waals surface area (Å²) in [6.07, 6.45) is 2.17. The van der Waals surface area contributed by atoms with Crippen molar-refractivity contribution < 1.29 is 28.5 Å². The lowest BCUT2D eigenvalue weighted by Gasteiger charge is -2.17. The molecule has 4 rings (SSSR count). The fourth-order valence-corrected chi connectivity index (χ4v) is 4.79. The first-order valence-corrected chi connectivity index (χ1v) is 11.4. The Bertz CT molecular complexity index is 963. The summed E-state index contributed by atoms with van der Waals surface area (Å²) in [4.78, 5) is 26.6. The van der Waals surface area contributed by atoms with Crippen LogP contribution in [-0.2, 0) is 32.1 Å². The number of aryl methyl sites for hydroxylation is 1. The Balaban J connectivity index is 1.26. The molecular formula is C26H31NO6. The number of fused-ring (bicyclic) bond motifs is 1. The van der Waals surface area contributed by atoms with Crippen LogP contribution in [0.4, 0.5) is 0 Å². The lowest BCUT2D eigenvalue weighted by molar-refractivity contribution is -0.148. The fraction of sp³-hybridized carbons (Fsp3) is 0.462. The first-order valence-electron chi connectivity index (χ1n) is 11.4. The minimum atomic E-state index is -0.223. The number of ether oxygens (including phenoxy) is 4. The van der Waals surface area contributed by atoms with E-state index in [0.717, 1.165) is 24.1 Å². The maximum absolute atomic E-state index is 12.5. The fourth-order valence-electron chi connectivity index (χ4n) is 4.79. The number of rotatable bonds is 9. The Labute approximate surface area is 194 Å². The standard InChI is InChI=1S/C26H31NO6/c1-30-24-14-18(8-10-23(24)32-17-19-6-4-3-5-7-19)9-11-25(28)33-20-15-22-21(26(29)31-2)12-13-27(22)16-20/h3-8,10,14,20-22H,9,11-13,15-17H2,1-2H3/t20-,21?,22-/m1/s1. The number of carbonyl (C=O) groups excluding carboxylic acids is 2. The van der Waals surface area contributed by atoms with Gasteiger partial charge in [-0.1, -0.05) is 36.4 Å². The lowest BCUT2D eigenvalue weighted by Crippen LogP contribution is -2.30. The predicted octanol–water partition coefficient (Wildman–Crippen LogP) is 3.39. The Morgan fingerprint density at radius 3 is 2.61 bits per heavy atom. The maximum atomic E-state index is 12.5. The molecule has 0 amide bonds. The third-order valence-electron chi connectivity index (χ3n) is 6.49. The van der Waals surface area contributed by atoms with Gasteiger partial charge in [0.05, 0.1) is 20.1 Å². The minimum absolute atomic E-state index is 0.114. The maximum Gasteiger partial charge on any atom is 0.310 e. The third-order valence-corrected chi connectivity index (χ3v) is 6.49. The number of benzene rings is 2. The minimum Gasteiger partial charge on any atom is -0.493 e. The van der Waals surface area contributed by atoms with Gasteiger partial charge >= 0.3 is 11.9 Å². The number of hydrogen-bond donors (Lipinski definition) is 0. The van der Waals surface area contributed by atoms with E-state index in [1.54, 1.807) is 7.11 Å². The molecule has 2 saturated heterocycles. The molecule has 7 nitrogen and oxygen atoms in total. The molecule has 2 aliphatic heterocycles. The molecule has 0 bridgehead atoms. The van der Waals surface area contributed by atoms with Gasteiger partial charge in [0.1, 0.15) is 12.7 Å². The highest BCUT2D eigenvalue weighted by Gasteiger charge is 2.46. The Morgan fingerprint density at radius 1 is 1.03 bits per heavy atom. The monoisotopic (exact) mass is 453 g/mol. The zero-order valence-electron chi connectivity index (χ0n) is 19.2. The van der Waals surface area contributed by atoms with Gasteiger partial charge in [0.15, 0.2) is 11.5 Å². The molecule has 0 N–H and O–H groups in total. The second-order valence-corrected chi connectivity index (χ2v) is 8.59. The molecule has 0 saturated carbocycles. The van der Waals surface area contributed by atoms with Gasteiger partial charge in [-0.3, -0.25) is 14.5 Å². The molecule has 33 heavy (non-hydrogen) atoms. The lowest BCUT2D eigenvalue weighted by atomic mass is 9.98. The van der Waals surface area contributed by atoms with Crippen LogP contribution >= 0.6 is 0 Å². The van der Waals surface area contributed by atoms with Crippen molar-refractivity contribution in [2.45, 2.75) is 44.4 Å². The van der Waals surface area contributed by atoms with E-state index in [4.69, 9.17) is 18.9 Å². The largest absolute Gasteiger partial charge is 0.493 e. The van der Waals surface area contributed by atoms with Crippen molar-refractivity contribution in [1.29, 1.82) is 0 Å². The van der Waals surface area contributed by atoms with Crippen LogP contribution in [0.5, 0.6) is 11.5 Å². The van der Waals surface area contributed by atoms with Gasteiger partial charge in [0, 0.05) is 25.4 Å². The van der Waals surface area contributed by atoms with E-state index in [2.05, 4.69) is 4.90 Å². The van der Waals surface area contributed by atoms with Crippen molar-refractivity contribution in [3.05, 3.63) is 59.7 Å². The topological polar surface area (TPSA) is 74.3 Å². The SMILES string of the molecule is COC(=O)C1CCN2C[C@H](OC(=O)CCc3ccc(OCc4ccccc4)c(OC)c3)C[C@H]12. The number of esters is 2. The van der Waals surface area contributed by atoms with Crippen molar-refractivity contribution in [2.75, 3.05) is 27.3 Å². The van der Waals surface area contributed by atoms with E-state index in [1.165, 1.54) is 7.11 Å². The van der Waals surface area contributed by atoms with Gasteiger partial charge < -0.3 is 18.9 Å². The van der Waals surface area contributed by atoms with E-state index < -0.39 is 0 Å². The van der Waals surface area contributed by atoms with Gasteiger partial charge in [0.25, 0.3) is 0 Å². The van der Waals surface area contributed by atoms with Crippen molar-refractivity contribution in [3.63, 3.8) is 0 Å². The molecule has 2 aliphatic rings. The Hall–Kier alpha value is -3.06. The molecular weight excluding hydrogens is 422 g/mol. The quantitative estimate of drug-likeness (QED) is 0.539. The van der Waals surface area contributed by atoms with E-state index in [-0.39, 0.29) is 36.4 Å². The van der Waals surface area contributed by atoms with Gasteiger partial charge in [-0.15, -0.1) is 0 Å². The molecule has 0 radical (unpaired) electrons. The summed E-state index contributed by atoms with van der Waals surface area (Å²) in [6.45, 7) is 1.99. The highest BCUT2D eigenvalue weighted by molar-refractivity contribution is 5.74. The van der Waals surface area contributed by atoms with Gasteiger partial charge in [-0.2, -0.15) is 0 Å². The van der Waals surface area contributed by atoms with Crippen LogP contribution in [0.1, 0.15) is 30.4 Å². The van der Waals surface area contributed by atoms with Crippen LogP contribution in [0.25, 0.3) is 0 Å². The zero-order valence-corrected chi connectivity index (χ0v) is 19.2. The molecule has 3 atom stereocenters. The summed E-state index contributed by atoms with van der Waals surface area (Å²) >= 11 is 0. The molecule has 7 heteroatoms. The van der Waals surface area contributed by atoms with Crippen molar-refractivity contribution in [2.24, 2.45) is 5.92 Å². The smallest absolute Gasteiger partial charge is 0.310 e. The predicted molar refractivity (Wildman–Crippen MR) is 122 cm³/mol. The number of nitrogens with zero attached hydrogens (tertiary/aromatic N) is 1. The van der Waals surface area contributed by atoms with E-state index in [1.807, 2.05) is 48.5 Å². The molecule has 0 aromatic heterocycles. The number of carbonyl (C=O) groups is 2. The average Bonchev–Trinajstić information content (AvgIpc) is 3.42. The van der Waals surface area contributed by atoms with Gasteiger partial charge in [-0.05, 0) is 42.6 Å². The van der Waals surface area contributed by atoms with Crippen molar-refractivity contribution >= 4 is 11.9 Å². The Morgan fingerprint density at radius 2 is 1.85 bits per heavy atom. The Kier molecular flexibility index (Phi) is 7.50. The number of methoxy groups -OCH3 is 2. The van der Waals surface area contributed by atoms with E-state index in [9.17, 15) is 9.59 Å². The molecule has 2 heterocycles. The summed E-state index contributed by atoms with van der Waals surface area (Å²) < 4.78 is 22.0. The summed E-state index contributed by atoms with van der Waals surface area (Å²) in [6, 6.07) is 15.8. The highest BCUT2D eigenvalue weighted by Crippen LogP contribution is 2.35. The summed E-state index contributed by atoms with van der Waals surface area (Å²) in [5.41, 5.74) is 2.06. The van der Waals surface area contributed by atoms with E-state index >= 15 is 0 Å². The molecule has 0 spiro atoms. The first kappa shape index (κ1) is 23.1. The van der Waals surface area contributed by atoms with Gasteiger partial charge in [0.2, 0.25) is 0 Å². The van der Waals surface area contributed by atoms with Crippen LogP contribution in [0.15, 0.2) is 48.5 Å². The highest BCUT2D eigenvalue weighted by atomic mass is 16.5. The first-order chi connectivity index (χ1) is 16.1. The average molecular weight is 454 g/mol. The molecule has 2 fully saturated rings. The van der Waals surface area contributed by atoms with Crippen LogP contribution in [0.3, 0.4) is 0 Å². The van der Waals surface area contributed by atoms with Crippen LogP contribution < -0.4 is 9.47 Å². The van der Waals surface area contributed by atoms with Crippen LogP contribution in [0, 0.1) is 5.92 Å². The molecule has 176 valence electrons.